The molecule has 0 aliphatic heterocycles. The fraction of sp³-hybridized carbons (Fsp3) is 0.357. The molecule has 0 heterocycles. The Morgan fingerprint density at radius 3 is 2.45 bits per heavy atom. The lowest BCUT2D eigenvalue weighted by Crippen LogP contribution is -2.47. The van der Waals surface area contributed by atoms with Crippen LogP contribution in [0.25, 0.3) is 0 Å². The molecule has 0 unspecified atom stereocenters. The van der Waals surface area contributed by atoms with Crippen LogP contribution in [0.5, 0.6) is 0 Å². The van der Waals surface area contributed by atoms with Gasteiger partial charge in [0.15, 0.2) is 0 Å². The summed E-state index contributed by atoms with van der Waals surface area (Å²) >= 11 is 0. The Morgan fingerprint density at radius 1 is 1.25 bits per heavy atom. The lowest BCUT2D eigenvalue weighted by atomic mass is 10.1. The lowest BCUT2D eigenvalue weighted by Gasteiger charge is -2.18. The maximum Gasteiger partial charge on any atom is 0.306 e. The minimum atomic E-state index is -1.42. The van der Waals surface area contributed by atoms with Crippen LogP contribution >= 0.6 is 0 Å². The van der Waals surface area contributed by atoms with Crippen LogP contribution in [0.2, 0.25) is 0 Å². The van der Waals surface area contributed by atoms with Crippen LogP contribution in [0.4, 0.5) is 0 Å². The molecule has 0 aromatic heterocycles. The van der Waals surface area contributed by atoms with Gasteiger partial charge < -0.3 is 20.0 Å². The van der Waals surface area contributed by atoms with Crippen LogP contribution in [-0.4, -0.2) is 23.9 Å². The highest BCUT2D eigenvalue weighted by molar-refractivity contribution is 5.81. The van der Waals surface area contributed by atoms with E-state index < -0.39 is 23.9 Å². The van der Waals surface area contributed by atoms with E-state index in [1.165, 1.54) is 6.92 Å². The molecule has 6 heteroatoms. The zero-order chi connectivity index (χ0) is 15.0. The van der Waals surface area contributed by atoms with Crippen molar-refractivity contribution in [2.24, 2.45) is 0 Å². The number of carboxylic acids is 1. The molecule has 20 heavy (non-hydrogen) atoms. The highest BCUT2D eigenvalue weighted by Crippen LogP contribution is 2.04. The van der Waals surface area contributed by atoms with Crippen molar-refractivity contribution in [3.8, 4) is 0 Å². The normalized spacial score (nSPS) is 11.4. The summed E-state index contributed by atoms with van der Waals surface area (Å²) in [5.41, 5.74) is 0.846. The highest BCUT2D eigenvalue weighted by Gasteiger charge is 2.14. The minimum absolute atomic E-state index is 0.0600. The molecule has 0 bridgehead atoms. The Bertz CT molecular complexity index is 472. The number of hydrogen-bond donors (Lipinski definition) is 1. The number of ether oxygens (including phenoxy) is 1. The summed E-state index contributed by atoms with van der Waals surface area (Å²) in [4.78, 5) is 33.0. The number of hydrogen-bond acceptors (Lipinski definition) is 5. The number of carbonyl (C=O) groups excluding carboxylic acids is 3. The van der Waals surface area contributed by atoms with Crippen LogP contribution in [0.1, 0.15) is 25.3 Å². The molecule has 0 fully saturated rings. The first-order valence-electron chi connectivity index (χ1n) is 6.16. The number of esters is 1. The Morgan fingerprint density at radius 2 is 1.90 bits per heavy atom. The van der Waals surface area contributed by atoms with Gasteiger partial charge in [0.1, 0.15) is 6.61 Å². The van der Waals surface area contributed by atoms with Crippen LogP contribution < -0.4 is 10.4 Å². The van der Waals surface area contributed by atoms with Crippen molar-refractivity contribution in [2.75, 3.05) is 0 Å². The molecule has 0 radical (unpaired) electrons. The predicted molar refractivity (Wildman–Crippen MR) is 68.1 cm³/mol. The Kier molecular flexibility index (Phi) is 6.22. The van der Waals surface area contributed by atoms with Gasteiger partial charge in [-0.05, 0) is 12.0 Å². The standard InChI is InChI=1S/C14H17NO5/c1-10(16)15-12(14(18)19)7-8-13(17)20-9-11-5-3-2-4-6-11/h2-6,12H,7-9H2,1H3,(H,15,16)(H,18,19)/p-1/t12-/m1/s1. The largest absolute Gasteiger partial charge is 0.548 e. The first-order valence-corrected chi connectivity index (χ1v) is 6.16. The number of carboxylic acid groups (broad SMARTS) is 1. The van der Waals surface area contributed by atoms with Gasteiger partial charge >= 0.3 is 5.97 Å². The van der Waals surface area contributed by atoms with Crippen molar-refractivity contribution in [2.45, 2.75) is 32.4 Å². The summed E-state index contributed by atoms with van der Waals surface area (Å²) < 4.78 is 5.00. The monoisotopic (exact) mass is 278 g/mol. The van der Waals surface area contributed by atoms with Gasteiger partial charge in [0.05, 0.1) is 12.0 Å². The lowest BCUT2D eigenvalue weighted by molar-refractivity contribution is -0.308. The highest BCUT2D eigenvalue weighted by atomic mass is 16.5. The van der Waals surface area contributed by atoms with Crippen molar-refractivity contribution in [1.29, 1.82) is 0 Å². The Labute approximate surface area is 116 Å². The van der Waals surface area contributed by atoms with Crippen LogP contribution in [0.15, 0.2) is 30.3 Å². The summed E-state index contributed by atoms with van der Waals surface area (Å²) in [5, 5.41) is 12.9. The van der Waals surface area contributed by atoms with Crippen molar-refractivity contribution in [1.82, 2.24) is 5.32 Å². The number of aliphatic carboxylic acids is 1. The van der Waals surface area contributed by atoms with Crippen LogP contribution in [0, 0.1) is 0 Å². The molecule has 0 aliphatic carbocycles. The molecule has 0 saturated heterocycles. The second-order valence-corrected chi connectivity index (χ2v) is 4.26. The molecule has 108 valence electrons. The van der Waals surface area contributed by atoms with E-state index in [0.717, 1.165) is 5.56 Å². The number of benzene rings is 1. The smallest absolute Gasteiger partial charge is 0.306 e. The fourth-order valence-corrected chi connectivity index (χ4v) is 1.57. The summed E-state index contributed by atoms with van der Waals surface area (Å²) in [6.07, 6.45) is -0.165. The second-order valence-electron chi connectivity index (χ2n) is 4.26. The second kappa shape index (κ2) is 7.93. The molecule has 1 amide bonds. The van der Waals surface area contributed by atoms with Gasteiger partial charge in [-0.25, -0.2) is 0 Å². The van der Waals surface area contributed by atoms with Crippen molar-refractivity contribution in [3.63, 3.8) is 0 Å². The average molecular weight is 278 g/mol. The molecular weight excluding hydrogens is 262 g/mol. The van der Waals surface area contributed by atoms with Crippen molar-refractivity contribution in [3.05, 3.63) is 35.9 Å². The molecule has 0 spiro atoms. The van der Waals surface area contributed by atoms with Gasteiger partial charge in [-0.2, -0.15) is 0 Å². The minimum Gasteiger partial charge on any atom is -0.548 e. The number of rotatable bonds is 7. The number of nitrogens with one attached hydrogen (secondary N) is 1. The average Bonchev–Trinajstić information content (AvgIpc) is 2.41. The zero-order valence-corrected chi connectivity index (χ0v) is 11.1. The SMILES string of the molecule is CC(=O)N[C@H](CCC(=O)OCc1ccccc1)C(=O)[O-]. The first kappa shape index (κ1) is 15.7. The molecule has 1 N–H and O–H groups in total. The summed E-state index contributed by atoms with van der Waals surface area (Å²) in [5.74, 6) is -2.43. The predicted octanol–water partition coefficient (Wildman–Crippen LogP) is -0.235. The third-order valence-electron chi connectivity index (χ3n) is 2.54. The van der Waals surface area contributed by atoms with E-state index in [9.17, 15) is 19.5 Å². The first-order chi connectivity index (χ1) is 9.49. The number of carbonyl (C=O) groups is 3. The number of amides is 1. The van der Waals surface area contributed by atoms with E-state index in [0.29, 0.717) is 0 Å². The van der Waals surface area contributed by atoms with E-state index in [2.05, 4.69) is 5.32 Å². The maximum absolute atomic E-state index is 11.5. The fourth-order valence-electron chi connectivity index (χ4n) is 1.57. The molecule has 0 saturated carbocycles. The van der Waals surface area contributed by atoms with E-state index in [4.69, 9.17) is 4.74 Å². The van der Waals surface area contributed by atoms with E-state index in [1.807, 2.05) is 30.3 Å². The molecule has 0 aliphatic rings. The zero-order valence-electron chi connectivity index (χ0n) is 11.1. The van der Waals surface area contributed by atoms with Crippen molar-refractivity contribution < 1.29 is 24.2 Å². The van der Waals surface area contributed by atoms with Gasteiger partial charge in [0, 0.05) is 13.3 Å². The van der Waals surface area contributed by atoms with Gasteiger partial charge in [0.25, 0.3) is 0 Å². The van der Waals surface area contributed by atoms with Crippen LogP contribution in [-0.2, 0) is 25.7 Å². The van der Waals surface area contributed by atoms with Gasteiger partial charge in [0.2, 0.25) is 5.91 Å². The molecule has 1 atom stereocenters. The summed E-state index contributed by atoms with van der Waals surface area (Å²) in [7, 11) is 0. The molecular formula is C14H16NO5-. The Balaban J connectivity index is 2.34. The van der Waals surface area contributed by atoms with Gasteiger partial charge in [-0.1, -0.05) is 30.3 Å². The maximum atomic E-state index is 11.5. The van der Waals surface area contributed by atoms with Crippen LogP contribution in [0.3, 0.4) is 0 Å². The Hall–Kier alpha value is -2.37. The molecule has 1 aromatic rings. The summed E-state index contributed by atoms with van der Waals surface area (Å²) in [6, 6.07) is 7.95. The van der Waals surface area contributed by atoms with E-state index >= 15 is 0 Å². The quantitative estimate of drug-likeness (QED) is 0.695. The topological polar surface area (TPSA) is 95.5 Å². The van der Waals surface area contributed by atoms with E-state index in [1.54, 1.807) is 0 Å². The van der Waals surface area contributed by atoms with Crippen molar-refractivity contribution >= 4 is 17.8 Å². The molecule has 1 aromatic carbocycles. The molecule has 1 rings (SSSR count). The van der Waals surface area contributed by atoms with Gasteiger partial charge in [-0.3, -0.25) is 9.59 Å². The third kappa shape index (κ3) is 5.99. The summed E-state index contributed by atoms with van der Waals surface area (Å²) in [6.45, 7) is 1.33. The van der Waals surface area contributed by atoms with Gasteiger partial charge in [-0.15, -0.1) is 0 Å². The third-order valence-corrected chi connectivity index (χ3v) is 2.54. The van der Waals surface area contributed by atoms with E-state index in [-0.39, 0.29) is 19.4 Å². The molecule has 6 nitrogen and oxygen atoms in total.